The van der Waals surface area contributed by atoms with Crippen LogP contribution in [0.4, 0.5) is 10.1 Å². The number of halogens is 1. The number of piperidine rings is 1. The second kappa shape index (κ2) is 6.55. The van der Waals surface area contributed by atoms with E-state index in [0.717, 1.165) is 19.4 Å². The highest BCUT2D eigenvalue weighted by molar-refractivity contribution is 5.48. The predicted molar refractivity (Wildman–Crippen MR) is 80.2 cm³/mol. The highest BCUT2D eigenvalue weighted by Crippen LogP contribution is 2.28. The number of nitrogens with zero attached hydrogens (tertiary/aromatic N) is 1. The summed E-state index contributed by atoms with van der Waals surface area (Å²) >= 11 is 0. The van der Waals surface area contributed by atoms with Gasteiger partial charge < -0.3 is 15.7 Å². The Bertz CT molecular complexity index is 438. The maximum Gasteiger partial charge on any atom is 0.146 e. The first-order valence-corrected chi connectivity index (χ1v) is 7.40. The Morgan fingerprint density at radius 3 is 2.70 bits per heavy atom. The van der Waals surface area contributed by atoms with Crippen LogP contribution in [0.25, 0.3) is 0 Å². The lowest BCUT2D eigenvalue weighted by atomic mass is 9.87. The van der Waals surface area contributed by atoms with E-state index in [-0.39, 0.29) is 23.9 Å². The molecule has 0 aliphatic carbocycles. The van der Waals surface area contributed by atoms with E-state index >= 15 is 0 Å². The molecule has 1 aromatic rings. The summed E-state index contributed by atoms with van der Waals surface area (Å²) in [4.78, 5) is 2.02. The van der Waals surface area contributed by atoms with Gasteiger partial charge in [0.1, 0.15) is 5.82 Å². The van der Waals surface area contributed by atoms with Crippen molar-refractivity contribution in [3.63, 3.8) is 0 Å². The van der Waals surface area contributed by atoms with Crippen LogP contribution in [-0.2, 0) is 0 Å². The highest BCUT2D eigenvalue weighted by Gasteiger charge is 2.28. The Balaban J connectivity index is 2.07. The summed E-state index contributed by atoms with van der Waals surface area (Å²) in [5, 5.41) is 10.0. The topological polar surface area (TPSA) is 49.5 Å². The van der Waals surface area contributed by atoms with Crippen LogP contribution >= 0.6 is 0 Å². The van der Waals surface area contributed by atoms with Crippen LogP contribution in [0.15, 0.2) is 24.3 Å². The molecule has 0 spiro atoms. The molecule has 1 aliphatic heterocycles. The minimum Gasteiger partial charge on any atom is -0.393 e. The second-order valence-corrected chi connectivity index (χ2v) is 6.27. The van der Waals surface area contributed by atoms with Crippen molar-refractivity contribution in [1.82, 2.24) is 0 Å². The summed E-state index contributed by atoms with van der Waals surface area (Å²) in [6, 6.07) is 6.85. The van der Waals surface area contributed by atoms with Gasteiger partial charge in [-0.15, -0.1) is 0 Å². The number of rotatable bonds is 4. The molecule has 20 heavy (non-hydrogen) atoms. The fourth-order valence-corrected chi connectivity index (χ4v) is 2.94. The molecule has 3 atom stereocenters. The van der Waals surface area contributed by atoms with E-state index in [1.807, 2.05) is 24.8 Å². The van der Waals surface area contributed by atoms with Crippen LogP contribution < -0.4 is 10.6 Å². The van der Waals surface area contributed by atoms with E-state index in [1.165, 1.54) is 6.07 Å². The van der Waals surface area contributed by atoms with Gasteiger partial charge >= 0.3 is 0 Å². The fraction of sp³-hybridized carbons (Fsp3) is 0.625. The van der Waals surface area contributed by atoms with Gasteiger partial charge in [0, 0.05) is 19.1 Å². The fourth-order valence-electron chi connectivity index (χ4n) is 2.94. The molecule has 0 aromatic heterocycles. The lowest BCUT2D eigenvalue weighted by Crippen LogP contribution is -2.48. The minimum atomic E-state index is -0.312. The van der Waals surface area contributed by atoms with E-state index in [4.69, 9.17) is 5.73 Å². The number of aliphatic hydroxyl groups excluding tert-OH is 1. The zero-order valence-corrected chi connectivity index (χ0v) is 12.3. The average Bonchev–Trinajstić information content (AvgIpc) is 2.38. The molecule has 1 heterocycles. The summed E-state index contributed by atoms with van der Waals surface area (Å²) < 4.78 is 13.9. The van der Waals surface area contributed by atoms with Gasteiger partial charge in [-0.25, -0.2) is 4.39 Å². The number of hydrogen-bond acceptors (Lipinski definition) is 3. The zero-order valence-electron chi connectivity index (χ0n) is 12.3. The minimum absolute atomic E-state index is 0.0349. The molecular formula is C16H25FN2O. The van der Waals surface area contributed by atoms with Crippen molar-refractivity contribution in [2.75, 3.05) is 18.0 Å². The molecule has 1 fully saturated rings. The SMILES string of the molecule is CC(C)C(O)CC1CC(N)CN(c2ccccc2F)C1. The number of para-hydroxylation sites is 1. The summed E-state index contributed by atoms with van der Waals surface area (Å²) in [7, 11) is 0. The van der Waals surface area contributed by atoms with Crippen LogP contribution in [-0.4, -0.2) is 30.3 Å². The van der Waals surface area contributed by atoms with E-state index in [2.05, 4.69) is 0 Å². The average molecular weight is 280 g/mol. The third-order valence-electron chi connectivity index (χ3n) is 4.11. The molecule has 0 bridgehead atoms. The van der Waals surface area contributed by atoms with Crippen molar-refractivity contribution in [3.05, 3.63) is 30.1 Å². The first-order valence-electron chi connectivity index (χ1n) is 7.40. The Labute approximate surface area is 120 Å². The monoisotopic (exact) mass is 280 g/mol. The van der Waals surface area contributed by atoms with E-state index in [1.54, 1.807) is 12.1 Å². The maximum atomic E-state index is 13.9. The first kappa shape index (κ1) is 15.3. The molecule has 0 radical (unpaired) electrons. The Morgan fingerprint density at radius 1 is 1.35 bits per heavy atom. The lowest BCUT2D eigenvalue weighted by Gasteiger charge is -2.39. The zero-order chi connectivity index (χ0) is 14.7. The first-order chi connectivity index (χ1) is 9.47. The molecule has 112 valence electrons. The van der Waals surface area contributed by atoms with Crippen molar-refractivity contribution in [2.45, 2.75) is 38.8 Å². The van der Waals surface area contributed by atoms with Gasteiger partial charge in [0.25, 0.3) is 0 Å². The number of aliphatic hydroxyl groups is 1. The van der Waals surface area contributed by atoms with Crippen LogP contribution in [0, 0.1) is 17.7 Å². The van der Waals surface area contributed by atoms with E-state index in [0.29, 0.717) is 18.2 Å². The molecule has 1 aliphatic rings. The number of nitrogens with two attached hydrogens (primary N) is 1. The van der Waals surface area contributed by atoms with Crippen molar-refractivity contribution in [2.24, 2.45) is 17.6 Å². The summed E-state index contributed by atoms with van der Waals surface area (Å²) in [5.41, 5.74) is 6.73. The smallest absolute Gasteiger partial charge is 0.146 e. The van der Waals surface area contributed by atoms with Gasteiger partial charge in [0.15, 0.2) is 0 Å². The van der Waals surface area contributed by atoms with Crippen molar-refractivity contribution < 1.29 is 9.50 Å². The quantitative estimate of drug-likeness (QED) is 0.890. The van der Waals surface area contributed by atoms with Crippen LogP contribution in [0.5, 0.6) is 0 Å². The summed E-state index contributed by atoms with van der Waals surface area (Å²) in [6.45, 7) is 5.47. The van der Waals surface area contributed by atoms with Gasteiger partial charge in [-0.3, -0.25) is 0 Å². The molecule has 3 N–H and O–H groups in total. The molecule has 4 heteroatoms. The molecule has 2 rings (SSSR count). The van der Waals surface area contributed by atoms with Gasteiger partial charge in [-0.1, -0.05) is 26.0 Å². The number of hydrogen-bond donors (Lipinski definition) is 2. The number of benzene rings is 1. The van der Waals surface area contributed by atoms with Crippen LogP contribution in [0.1, 0.15) is 26.7 Å². The highest BCUT2D eigenvalue weighted by atomic mass is 19.1. The van der Waals surface area contributed by atoms with Crippen LogP contribution in [0.3, 0.4) is 0 Å². The Kier molecular flexibility index (Phi) is 5.00. The Morgan fingerprint density at radius 2 is 2.05 bits per heavy atom. The van der Waals surface area contributed by atoms with E-state index < -0.39 is 0 Å². The van der Waals surface area contributed by atoms with Crippen molar-refractivity contribution in [3.8, 4) is 0 Å². The second-order valence-electron chi connectivity index (χ2n) is 6.27. The van der Waals surface area contributed by atoms with Gasteiger partial charge in [-0.05, 0) is 36.8 Å². The number of anilines is 1. The van der Waals surface area contributed by atoms with Gasteiger partial charge in [0.2, 0.25) is 0 Å². The maximum absolute atomic E-state index is 13.9. The van der Waals surface area contributed by atoms with Gasteiger partial charge in [-0.2, -0.15) is 0 Å². The predicted octanol–water partition coefficient (Wildman–Crippen LogP) is 2.39. The lowest BCUT2D eigenvalue weighted by molar-refractivity contribution is 0.0921. The largest absolute Gasteiger partial charge is 0.393 e. The normalized spacial score (nSPS) is 25.0. The standard InChI is InChI=1S/C16H25FN2O/c1-11(2)16(20)8-12-7-13(18)10-19(9-12)15-6-4-3-5-14(15)17/h3-6,11-13,16,20H,7-10,18H2,1-2H3. The van der Waals surface area contributed by atoms with Gasteiger partial charge in [0.05, 0.1) is 11.8 Å². The van der Waals surface area contributed by atoms with Crippen LogP contribution in [0.2, 0.25) is 0 Å². The molecule has 3 unspecified atom stereocenters. The van der Waals surface area contributed by atoms with E-state index in [9.17, 15) is 9.50 Å². The summed E-state index contributed by atoms with van der Waals surface area (Å²) in [5.74, 6) is 0.357. The molecule has 0 saturated carbocycles. The molecular weight excluding hydrogens is 255 g/mol. The molecule has 1 saturated heterocycles. The third-order valence-corrected chi connectivity index (χ3v) is 4.11. The molecule has 0 amide bonds. The molecule has 3 nitrogen and oxygen atoms in total. The van der Waals surface area contributed by atoms with Crippen molar-refractivity contribution >= 4 is 5.69 Å². The summed E-state index contributed by atoms with van der Waals surface area (Å²) in [6.07, 6.45) is 1.32. The molecule has 1 aromatic carbocycles. The Hall–Kier alpha value is -1.13. The van der Waals surface area contributed by atoms with Crippen molar-refractivity contribution in [1.29, 1.82) is 0 Å². The third kappa shape index (κ3) is 3.70.